The van der Waals surface area contributed by atoms with Crippen molar-refractivity contribution in [2.75, 3.05) is 26.3 Å². The van der Waals surface area contributed by atoms with Gasteiger partial charge in [-0.1, -0.05) is 0 Å². The summed E-state index contributed by atoms with van der Waals surface area (Å²) in [6.45, 7) is 8.25. The summed E-state index contributed by atoms with van der Waals surface area (Å²) < 4.78 is 31.5. The van der Waals surface area contributed by atoms with Gasteiger partial charge in [-0.3, -0.25) is 0 Å². The van der Waals surface area contributed by atoms with Crippen LogP contribution in [0.5, 0.6) is 5.75 Å². The van der Waals surface area contributed by atoms with Gasteiger partial charge in [-0.25, -0.2) is 19.0 Å². The smallest absolute Gasteiger partial charge is 0.410 e. The van der Waals surface area contributed by atoms with Gasteiger partial charge in [0.25, 0.3) is 0 Å². The molecule has 8 nitrogen and oxygen atoms in total. The van der Waals surface area contributed by atoms with E-state index in [1.165, 1.54) is 17.4 Å². The van der Waals surface area contributed by atoms with Crippen molar-refractivity contribution in [1.29, 1.82) is 0 Å². The lowest BCUT2D eigenvalue weighted by molar-refractivity contribution is -0.0557. The van der Waals surface area contributed by atoms with Crippen molar-refractivity contribution in [3.05, 3.63) is 34.6 Å². The number of amides is 1. The number of ether oxygens (including phenoxy) is 3. The normalized spacial score (nSPS) is 16.8. The van der Waals surface area contributed by atoms with Crippen molar-refractivity contribution in [3.63, 3.8) is 0 Å². The van der Waals surface area contributed by atoms with Crippen molar-refractivity contribution >= 4 is 23.4 Å². The molecule has 1 amide bonds. The fourth-order valence-corrected chi connectivity index (χ4v) is 3.75. The lowest BCUT2D eigenvalue weighted by Crippen LogP contribution is -2.49. The Balaban J connectivity index is 1.73. The van der Waals surface area contributed by atoms with E-state index >= 15 is 0 Å². The molecule has 1 aromatic heterocycles. The average molecular weight is 453 g/mol. The van der Waals surface area contributed by atoms with Crippen molar-refractivity contribution in [3.8, 4) is 16.3 Å². The summed E-state index contributed by atoms with van der Waals surface area (Å²) in [5.74, 6) is -2.08. The number of carbonyl (C=O) groups excluding carboxylic acids is 1. The Morgan fingerprint density at radius 2 is 2.13 bits per heavy atom. The van der Waals surface area contributed by atoms with Crippen LogP contribution in [0.3, 0.4) is 0 Å². The van der Waals surface area contributed by atoms with Crippen LogP contribution in [0.4, 0.5) is 9.18 Å². The Hall–Kier alpha value is -2.72. The number of rotatable bonds is 5. The number of hydrogen-bond donors (Lipinski definition) is 1. The minimum absolute atomic E-state index is 0.0559. The number of morpholine rings is 1. The number of hydrogen-bond acceptors (Lipinski definition) is 7. The molecule has 2 heterocycles. The van der Waals surface area contributed by atoms with E-state index in [1.54, 1.807) is 31.9 Å². The molecule has 0 unspecified atom stereocenters. The largest absolute Gasteiger partial charge is 0.491 e. The van der Waals surface area contributed by atoms with Crippen LogP contribution >= 0.6 is 11.3 Å². The molecule has 0 saturated carbocycles. The Labute approximate surface area is 183 Å². The first-order valence-electron chi connectivity index (χ1n) is 9.75. The summed E-state index contributed by atoms with van der Waals surface area (Å²) in [7, 11) is 0. The van der Waals surface area contributed by atoms with Crippen molar-refractivity contribution in [1.82, 2.24) is 9.88 Å². The van der Waals surface area contributed by atoms with E-state index in [-0.39, 0.29) is 24.5 Å². The van der Waals surface area contributed by atoms with E-state index in [0.717, 1.165) is 10.9 Å². The molecule has 1 atom stereocenters. The SMILES string of the molecule is Cc1cnc(-c2cc(OC[C@H]3CN(C(=O)OC(C)(C)C)CCO3)cc(C(=O)O)c2F)s1. The Bertz CT molecular complexity index is 971. The maximum Gasteiger partial charge on any atom is 0.410 e. The maximum absolute atomic E-state index is 14.7. The standard InChI is InChI=1S/C21H25FN2O6S/c1-12-9-23-18(31-12)15-7-13(8-16(17(15)22)19(25)26)29-11-14-10-24(5-6-28-14)20(27)30-21(2,3)4/h7-9,14H,5-6,10-11H2,1-4H3,(H,25,26)/t14-/m1/s1. The molecule has 0 aliphatic carbocycles. The maximum atomic E-state index is 14.7. The number of aryl methyl sites for hydroxylation is 1. The zero-order valence-corrected chi connectivity index (χ0v) is 18.6. The average Bonchev–Trinajstić information content (AvgIpc) is 3.12. The second-order valence-corrected chi connectivity index (χ2v) is 9.38. The molecule has 31 heavy (non-hydrogen) atoms. The van der Waals surface area contributed by atoms with Crippen LogP contribution < -0.4 is 4.74 Å². The molecule has 2 aromatic rings. The van der Waals surface area contributed by atoms with Gasteiger partial charge in [-0.15, -0.1) is 11.3 Å². The first-order valence-corrected chi connectivity index (χ1v) is 10.6. The molecule has 0 spiro atoms. The van der Waals surface area contributed by atoms with Gasteiger partial charge in [0.2, 0.25) is 0 Å². The number of benzene rings is 1. The minimum atomic E-state index is -1.40. The third-order valence-electron chi connectivity index (χ3n) is 4.35. The Kier molecular flexibility index (Phi) is 6.80. The van der Waals surface area contributed by atoms with Gasteiger partial charge in [-0.2, -0.15) is 0 Å². The highest BCUT2D eigenvalue weighted by atomic mass is 32.1. The summed E-state index contributed by atoms with van der Waals surface area (Å²) in [6, 6.07) is 2.56. The van der Waals surface area contributed by atoms with Crippen LogP contribution in [0, 0.1) is 12.7 Å². The molecule has 1 fully saturated rings. The van der Waals surface area contributed by atoms with Crippen LogP contribution in [0.2, 0.25) is 0 Å². The summed E-state index contributed by atoms with van der Waals surface area (Å²) in [5, 5.41) is 9.75. The number of aromatic carboxylic acids is 1. The van der Waals surface area contributed by atoms with Crippen LogP contribution in [0.25, 0.3) is 10.6 Å². The van der Waals surface area contributed by atoms with Gasteiger partial charge >= 0.3 is 12.1 Å². The van der Waals surface area contributed by atoms with Crippen LogP contribution in [0.1, 0.15) is 36.0 Å². The number of thiazole rings is 1. The van der Waals surface area contributed by atoms with Gasteiger partial charge in [0.05, 0.1) is 24.3 Å². The summed E-state index contributed by atoms with van der Waals surface area (Å²) >= 11 is 1.26. The fraction of sp³-hybridized carbons (Fsp3) is 0.476. The van der Waals surface area contributed by atoms with Crippen molar-refractivity contribution in [2.24, 2.45) is 0 Å². The molecule has 0 bridgehead atoms. The van der Waals surface area contributed by atoms with E-state index in [9.17, 15) is 19.1 Å². The molecule has 10 heteroatoms. The molecule has 1 aliphatic heterocycles. The lowest BCUT2D eigenvalue weighted by atomic mass is 10.1. The highest BCUT2D eigenvalue weighted by Gasteiger charge is 2.29. The quantitative estimate of drug-likeness (QED) is 0.733. The van der Waals surface area contributed by atoms with E-state index in [4.69, 9.17) is 14.2 Å². The van der Waals surface area contributed by atoms with Gasteiger partial charge in [0.1, 0.15) is 34.9 Å². The minimum Gasteiger partial charge on any atom is -0.491 e. The molecule has 0 radical (unpaired) electrons. The van der Waals surface area contributed by atoms with Crippen LogP contribution in [-0.4, -0.2) is 65.1 Å². The number of halogens is 1. The number of carbonyl (C=O) groups is 2. The van der Waals surface area contributed by atoms with E-state index in [1.807, 2.05) is 6.92 Å². The molecule has 3 rings (SSSR count). The lowest BCUT2D eigenvalue weighted by Gasteiger charge is -2.34. The zero-order chi connectivity index (χ0) is 22.8. The molecule has 1 saturated heterocycles. The number of carboxylic acid groups (broad SMARTS) is 1. The summed E-state index contributed by atoms with van der Waals surface area (Å²) in [5.41, 5.74) is -1.04. The second-order valence-electron chi connectivity index (χ2n) is 8.14. The molecule has 1 aliphatic rings. The van der Waals surface area contributed by atoms with Gasteiger partial charge in [0, 0.05) is 17.6 Å². The van der Waals surface area contributed by atoms with E-state index in [0.29, 0.717) is 18.2 Å². The highest BCUT2D eigenvalue weighted by molar-refractivity contribution is 7.14. The van der Waals surface area contributed by atoms with Crippen LogP contribution in [-0.2, 0) is 9.47 Å². The number of nitrogens with zero attached hydrogens (tertiary/aromatic N) is 2. The van der Waals surface area contributed by atoms with Gasteiger partial charge in [0.15, 0.2) is 0 Å². The molecule has 168 valence electrons. The van der Waals surface area contributed by atoms with Gasteiger partial charge in [-0.05, 0) is 39.8 Å². The topological polar surface area (TPSA) is 98.2 Å². The zero-order valence-electron chi connectivity index (χ0n) is 17.8. The first-order chi connectivity index (χ1) is 14.5. The van der Waals surface area contributed by atoms with Crippen LogP contribution in [0.15, 0.2) is 18.3 Å². The predicted octanol–water partition coefficient (Wildman–Crippen LogP) is 3.97. The van der Waals surface area contributed by atoms with Crippen molar-refractivity contribution < 1.29 is 33.3 Å². The second kappa shape index (κ2) is 9.19. The number of aromatic nitrogens is 1. The van der Waals surface area contributed by atoms with Crippen molar-refractivity contribution in [2.45, 2.75) is 39.4 Å². The molecular weight excluding hydrogens is 427 g/mol. The van der Waals surface area contributed by atoms with Gasteiger partial charge < -0.3 is 24.2 Å². The van der Waals surface area contributed by atoms with E-state index < -0.39 is 35.1 Å². The predicted molar refractivity (Wildman–Crippen MR) is 112 cm³/mol. The monoisotopic (exact) mass is 452 g/mol. The first kappa shape index (κ1) is 23.0. The Morgan fingerprint density at radius 3 is 2.74 bits per heavy atom. The molecule has 1 aromatic carbocycles. The third kappa shape index (κ3) is 5.92. The third-order valence-corrected chi connectivity index (χ3v) is 5.30. The fourth-order valence-electron chi connectivity index (χ4n) is 2.97. The molecular formula is C21H25FN2O6S. The van der Waals surface area contributed by atoms with E-state index in [2.05, 4.69) is 4.98 Å². The number of carboxylic acids is 1. The summed E-state index contributed by atoms with van der Waals surface area (Å²) in [6.07, 6.45) is 0.719. The highest BCUT2D eigenvalue weighted by Crippen LogP contribution is 2.33. The summed E-state index contributed by atoms with van der Waals surface area (Å²) in [4.78, 5) is 30.4. The Morgan fingerprint density at radius 1 is 1.39 bits per heavy atom. The molecule has 1 N–H and O–H groups in total.